The number of H-pyrrole nitrogens is 1. The van der Waals surface area contributed by atoms with E-state index in [1.54, 1.807) is 0 Å². The molecule has 6 heteroatoms. The molecule has 0 atom stereocenters. The number of rotatable bonds is 6. The van der Waals surface area contributed by atoms with E-state index in [0.717, 1.165) is 12.0 Å². The number of benzene rings is 1. The molecule has 0 bridgehead atoms. The molecule has 0 radical (unpaired) electrons. The number of nitrogens with zero attached hydrogens (tertiary/aromatic N) is 2. The van der Waals surface area contributed by atoms with E-state index in [0.29, 0.717) is 25.3 Å². The van der Waals surface area contributed by atoms with E-state index in [4.69, 9.17) is 5.73 Å². The Morgan fingerprint density at radius 3 is 2.45 bits per heavy atom. The number of nitrogen functional groups attached to an aromatic ring is 1. The quantitative estimate of drug-likeness (QED) is 0.845. The van der Waals surface area contributed by atoms with Gasteiger partial charge in [0.15, 0.2) is 0 Å². The summed E-state index contributed by atoms with van der Waals surface area (Å²) in [7, 11) is 0. The molecular weight excluding hydrogens is 280 g/mol. The van der Waals surface area contributed by atoms with E-state index in [1.165, 1.54) is 4.57 Å². The number of hydrogen-bond donors (Lipinski definition) is 2. The van der Waals surface area contributed by atoms with Gasteiger partial charge in [-0.1, -0.05) is 37.3 Å². The molecule has 1 heterocycles. The van der Waals surface area contributed by atoms with Gasteiger partial charge in [0, 0.05) is 13.1 Å². The van der Waals surface area contributed by atoms with Crippen molar-refractivity contribution < 1.29 is 0 Å². The summed E-state index contributed by atoms with van der Waals surface area (Å²) in [5.41, 5.74) is 6.56. The highest BCUT2D eigenvalue weighted by atomic mass is 16.2. The number of aromatic nitrogens is 2. The van der Waals surface area contributed by atoms with E-state index in [1.807, 2.05) is 49.1 Å². The van der Waals surface area contributed by atoms with Crippen LogP contribution in [0.25, 0.3) is 0 Å². The average molecular weight is 302 g/mol. The number of nitrogens with one attached hydrogen (secondary N) is 1. The highest BCUT2D eigenvalue weighted by Crippen LogP contribution is 2.17. The first-order valence-electron chi connectivity index (χ1n) is 7.49. The van der Waals surface area contributed by atoms with Crippen LogP contribution in [0.5, 0.6) is 0 Å². The largest absolute Gasteiger partial charge is 0.383 e. The molecule has 6 nitrogen and oxygen atoms in total. The van der Waals surface area contributed by atoms with Gasteiger partial charge in [-0.15, -0.1) is 0 Å². The molecule has 118 valence electrons. The SMILES string of the molecule is CCCN(CC)c1c(N)n(Cc2ccccc2)c(=O)[nH]c1=O. The Balaban J connectivity index is 2.51. The smallest absolute Gasteiger partial charge is 0.330 e. The van der Waals surface area contributed by atoms with Gasteiger partial charge in [-0.2, -0.15) is 0 Å². The Labute approximate surface area is 129 Å². The van der Waals surface area contributed by atoms with Crippen molar-refractivity contribution in [3.05, 3.63) is 56.7 Å². The highest BCUT2D eigenvalue weighted by Gasteiger charge is 2.17. The maximum atomic E-state index is 12.2. The van der Waals surface area contributed by atoms with Gasteiger partial charge in [-0.25, -0.2) is 4.79 Å². The van der Waals surface area contributed by atoms with Crippen molar-refractivity contribution in [2.75, 3.05) is 23.7 Å². The van der Waals surface area contributed by atoms with Crippen LogP contribution in [0.3, 0.4) is 0 Å². The summed E-state index contributed by atoms with van der Waals surface area (Å²) < 4.78 is 1.41. The van der Waals surface area contributed by atoms with Crippen LogP contribution in [0.2, 0.25) is 0 Å². The minimum absolute atomic E-state index is 0.216. The zero-order chi connectivity index (χ0) is 16.1. The van der Waals surface area contributed by atoms with Crippen LogP contribution in [-0.2, 0) is 6.54 Å². The van der Waals surface area contributed by atoms with Crippen molar-refractivity contribution in [2.45, 2.75) is 26.8 Å². The van der Waals surface area contributed by atoms with Crippen LogP contribution in [0.4, 0.5) is 11.5 Å². The highest BCUT2D eigenvalue weighted by molar-refractivity contribution is 5.62. The molecule has 0 aliphatic carbocycles. The number of anilines is 2. The second-order valence-electron chi connectivity index (χ2n) is 5.14. The Morgan fingerprint density at radius 1 is 1.18 bits per heavy atom. The van der Waals surface area contributed by atoms with Crippen molar-refractivity contribution in [2.24, 2.45) is 0 Å². The monoisotopic (exact) mass is 302 g/mol. The van der Waals surface area contributed by atoms with Crippen molar-refractivity contribution >= 4 is 11.5 Å². The molecule has 2 rings (SSSR count). The average Bonchev–Trinajstić information content (AvgIpc) is 2.51. The molecule has 22 heavy (non-hydrogen) atoms. The van der Waals surface area contributed by atoms with Crippen LogP contribution < -0.4 is 21.9 Å². The van der Waals surface area contributed by atoms with E-state index >= 15 is 0 Å². The fourth-order valence-corrected chi connectivity index (χ4v) is 2.50. The molecular formula is C16H22N4O2. The summed E-state index contributed by atoms with van der Waals surface area (Å²) in [5, 5.41) is 0. The topological polar surface area (TPSA) is 84.1 Å². The van der Waals surface area contributed by atoms with E-state index in [-0.39, 0.29) is 5.82 Å². The Bertz CT molecular complexity index is 734. The van der Waals surface area contributed by atoms with Crippen molar-refractivity contribution in [3.63, 3.8) is 0 Å². The summed E-state index contributed by atoms with van der Waals surface area (Å²) in [4.78, 5) is 28.5. The molecule has 0 fully saturated rings. The van der Waals surface area contributed by atoms with E-state index in [2.05, 4.69) is 4.98 Å². The molecule has 0 spiro atoms. The lowest BCUT2D eigenvalue weighted by molar-refractivity contribution is 0.714. The van der Waals surface area contributed by atoms with Gasteiger partial charge in [0.1, 0.15) is 11.5 Å². The molecule has 1 aromatic carbocycles. The molecule has 0 saturated carbocycles. The molecule has 0 saturated heterocycles. The van der Waals surface area contributed by atoms with Crippen molar-refractivity contribution in [1.82, 2.24) is 9.55 Å². The molecule has 3 N–H and O–H groups in total. The normalized spacial score (nSPS) is 10.6. The zero-order valence-electron chi connectivity index (χ0n) is 13.0. The lowest BCUT2D eigenvalue weighted by atomic mass is 10.2. The van der Waals surface area contributed by atoms with Gasteiger partial charge in [-0.05, 0) is 18.9 Å². The first kappa shape index (κ1) is 15.9. The maximum Gasteiger partial charge on any atom is 0.330 e. The summed E-state index contributed by atoms with van der Waals surface area (Å²) in [6, 6.07) is 9.55. The van der Waals surface area contributed by atoms with Gasteiger partial charge < -0.3 is 10.6 Å². The summed E-state index contributed by atoms with van der Waals surface area (Å²) in [6.07, 6.45) is 0.893. The third-order valence-corrected chi connectivity index (χ3v) is 3.59. The van der Waals surface area contributed by atoms with Crippen LogP contribution in [0.1, 0.15) is 25.8 Å². The standard InChI is InChI=1S/C16H22N4O2/c1-3-10-19(4-2)13-14(17)20(16(22)18-15(13)21)11-12-8-6-5-7-9-12/h5-9H,3-4,10-11,17H2,1-2H3,(H,18,21,22). The predicted molar refractivity (Wildman–Crippen MR) is 89.5 cm³/mol. The minimum Gasteiger partial charge on any atom is -0.383 e. The molecule has 0 unspecified atom stereocenters. The first-order chi connectivity index (χ1) is 10.6. The molecule has 1 aromatic heterocycles. The minimum atomic E-state index is -0.484. The molecule has 0 amide bonds. The maximum absolute atomic E-state index is 12.2. The predicted octanol–water partition coefficient (Wildman–Crippen LogP) is 1.40. The van der Waals surface area contributed by atoms with Gasteiger partial charge >= 0.3 is 5.69 Å². The summed E-state index contributed by atoms with van der Waals surface area (Å²) in [5.74, 6) is 0.216. The Morgan fingerprint density at radius 2 is 1.86 bits per heavy atom. The van der Waals surface area contributed by atoms with Crippen LogP contribution in [0, 0.1) is 0 Å². The van der Waals surface area contributed by atoms with Gasteiger partial charge in [-0.3, -0.25) is 14.3 Å². The van der Waals surface area contributed by atoms with Crippen LogP contribution in [-0.4, -0.2) is 22.6 Å². The molecule has 0 aliphatic rings. The lowest BCUT2D eigenvalue weighted by Crippen LogP contribution is -2.38. The number of aromatic amines is 1. The lowest BCUT2D eigenvalue weighted by Gasteiger charge is -2.24. The fourth-order valence-electron chi connectivity index (χ4n) is 2.50. The fraction of sp³-hybridized carbons (Fsp3) is 0.375. The molecule has 0 aliphatic heterocycles. The van der Waals surface area contributed by atoms with Gasteiger partial charge in [0.05, 0.1) is 6.54 Å². The van der Waals surface area contributed by atoms with Crippen molar-refractivity contribution in [1.29, 1.82) is 0 Å². The van der Waals surface area contributed by atoms with Crippen molar-refractivity contribution in [3.8, 4) is 0 Å². The van der Waals surface area contributed by atoms with Crippen LogP contribution >= 0.6 is 0 Å². The number of nitrogens with two attached hydrogens (primary N) is 1. The number of hydrogen-bond acceptors (Lipinski definition) is 4. The van der Waals surface area contributed by atoms with Gasteiger partial charge in [0.25, 0.3) is 5.56 Å². The van der Waals surface area contributed by atoms with Gasteiger partial charge in [0.2, 0.25) is 0 Å². The third kappa shape index (κ3) is 3.21. The first-order valence-corrected chi connectivity index (χ1v) is 7.49. The zero-order valence-corrected chi connectivity index (χ0v) is 13.0. The Hall–Kier alpha value is -2.50. The second-order valence-corrected chi connectivity index (χ2v) is 5.14. The summed E-state index contributed by atoms with van der Waals surface area (Å²) >= 11 is 0. The van der Waals surface area contributed by atoms with E-state index in [9.17, 15) is 9.59 Å². The summed E-state index contributed by atoms with van der Waals surface area (Å²) in [6.45, 7) is 5.70. The third-order valence-electron chi connectivity index (χ3n) is 3.59. The van der Waals surface area contributed by atoms with E-state index < -0.39 is 11.2 Å². The second kappa shape index (κ2) is 6.98. The van der Waals surface area contributed by atoms with Crippen LogP contribution in [0.15, 0.2) is 39.9 Å². The molecule has 2 aromatic rings. The Kier molecular flexibility index (Phi) is 5.04.